The number of rotatable bonds is 2. The van der Waals surface area contributed by atoms with Gasteiger partial charge in [0, 0.05) is 51.5 Å². The molecular weight excluding hydrogens is 809 g/mol. The van der Waals surface area contributed by atoms with Crippen LogP contribution in [-0.4, -0.2) is 0 Å². The van der Waals surface area contributed by atoms with E-state index in [0.29, 0.717) is 0 Å². The third kappa shape index (κ3) is 4.28. The van der Waals surface area contributed by atoms with Gasteiger partial charge >= 0.3 is 0 Å². The van der Waals surface area contributed by atoms with Crippen LogP contribution in [0.2, 0.25) is 0 Å². The zero-order chi connectivity index (χ0) is 41.4. The molecule has 0 radical (unpaired) electrons. The van der Waals surface area contributed by atoms with E-state index in [9.17, 15) is 0 Å². The molecule has 2 heteroatoms. The second-order valence-electron chi connectivity index (χ2n) is 17.8. The van der Waals surface area contributed by atoms with Crippen molar-refractivity contribution in [3.05, 3.63) is 194 Å². The molecule has 0 spiro atoms. The monoisotopic (exact) mass is 840 g/mol. The second kappa shape index (κ2) is 12.1. The van der Waals surface area contributed by atoms with Gasteiger partial charge in [0.1, 0.15) is 0 Å². The molecule has 2 aliphatic rings. The van der Waals surface area contributed by atoms with E-state index in [2.05, 4.69) is 194 Å². The van der Waals surface area contributed by atoms with Crippen molar-refractivity contribution in [3.63, 3.8) is 0 Å². The topological polar surface area (TPSA) is 0 Å². The molecule has 0 atom stereocenters. The van der Waals surface area contributed by atoms with E-state index in [0.717, 1.165) is 0 Å². The Morgan fingerprint density at radius 3 is 0.938 bits per heavy atom. The van der Waals surface area contributed by atoms with Gasteiger partial charge in [0.15, 0.2) is 0 Å². The van der Waals surface area contributed by atoms with Gasteiger partial charge in [-0.05, 0) is 158 Å². The van der Waals surface area contributed by atoms with E-state index in [1.54, 1.807) is 0 Å². The van der Waals surface area contributed by atoms with Crippen LogP contribution in [0.5, 0.6) is 0 Å². The smallest absolute Gasteiger partial charge is 0.0434 e. The quantitative estimate of drug-likeness (QED) is 0.152. The molecule has 2 aromatic heterocycles. The van der Waals surface area contributed by atoms with Crippen molar-refractivity contribution in [2.45, 2.75) is 0 Å². The molecule has 14 aromatic rings. The fourth-order valence-electron chi connectivity index (χ4n) is 12.0. The summed E-state index contributed by atoms with van der Waals surface area (Å²) in [6.45, 7) is 0. The fraction of sp³-hybridized carbons (Fsp3) is 0. The minimum atomic E-state index is 1.29. The summed E-state index contributed by atoms with van der Waals surface area (Å²) in [5, 5.41) is 18.4. The van der Waals surface area contributed by atoms with Crippen molar-refractivity contribution < 1.29 is 0 Å². The standard InChI is InChI=1S/C62H32S2/c1-3-25-57-35(15-1)41-21-9-23-43(61(41)63-57)49-31-55-54-30-48-40-20-8-14-34-12-6-18-38(60(34)40)46(48)28-52(54)50(44-24-10-22-42-36-16-2-4-26-58(36)64-62(42)44)32-56(55)53-29-47-39-19-7-13-33-11-5-17-37(59(33)39)45(47)27-51(49)53/h1-32H. The fourth-order valence-corrected chi connectivity index (χ4v) is 14.4. The van der Waals surface area contributed by atoms with E-state index >= 15 is 0 Å². The summed E-state index contributed by atoms with van der Waals surface area (Å²) in [6.07, 6.45) is 0. The summed E-state index contributed by atoms with van der Waals surface area (Å²) < 4.78 is 5.34. The largest absolute Gasteiger partial charge is 0.135 e. The van der Waals surface area contributed by atoms with Gasteiger partial charge in [-0.1, -0.05) is 146 Å². The van der Waals surface area contributed by atoms with Crippen LogP contribution < -0.4 is 0 Å². The Kier molecular flexibility index (Phi) is 6.41. The molecule has 0 nitrogen and oxygen atoms in total. The van der Waals surface area contributed by atoms with Crippen LogP contribution in [0.25, 0.3) is 161 Å². The van der Waals surface area contributed by atoms with Crippen LogP contribution in [0.1, 0.15) is 0 Å². The number of hydrogen-bond donors (Lipinski definition) is 0. The maximum Gasteiger partial charge on any atom is 0.0434 e. The second-order valence-corrected chi connectivity index (χ2v) is 19.9. The summed E-state index contributed by atoms with van der Waals surface area (Å²) >= 11 is 3.84. The Morgan fingerprint density at radius 2 is 0.516 bits per heavy atom. The average molecular weight is 841 g/mol. The maximum atomic E-state index is 2.56. The molecule has 64 heavy (non-hydrogen) atoms. The Hall–Kier alpha value is -7.62. The molecule has 0 amide bonds. The lowest BCUT2D eigenvalue weighted by molar-refractivity contribution is 1.71. The third-order valence-corrected chi connectivity index (χ3v) is 17.1. The van der Waals surface area contributed by atoms with Crippen molar-refractivity contribution in [1.82, 2.24) is 0 Å². The number of hydrogen-bond acceptors (Lipinski definition) is 2. The predicted octanol–water partition coefficient (Wildman–Crippen LogP) is 18.8. The summed E-state index contributed by atoms with van der Waals surface area (Å²) in [5.41, 5.74) is 15.8. The van der Waals surface area contributed by atoms with E-state index in [-0.39, 0.29) is 0 Å². The molecular formula is C62H32S2. The van der Waals surface area contributed by atoms with E-state index in [4.69, 9.17) is 0 Å². The SMILES string of the molecule is c1cc2c3c(cccc3c1)-c1cc3c(cc1-2)c(-c1cccc2c1sc1ccccc12)cc1c2cc4c(cc2c(-c2cccc5c2sc2ccccc25)cc31)-c1cccc2cccc-4c12. The first-order chi connectivity index (χ1) is 31.7. The van der Waals surface area contributed by atoms with Gasteiger partial charge < -0.3 is 0 Å². The van der Waals surface area contributed by atoms with E-state index < -0.39 is 0 Å². The molecule has 12 aromatic carbocycles. The van der Waals surface area contributed by atoms with Crippen molar-refractivity contribution >= 4 is 117 Å². The van der Waals surface area contributed by atoms with Crippen LogP contribution in [0.3, 0.4) is 0 Å². The predicted molar refractivity (Wildman–Crippen MR) is 279 cm³/mol. The van der Waals surface area contributed by atoms with Gasteiger partial charge in [0.2, 0.25) is 0 Å². The Morgan fingerprint density at radius 1 is 0.203 bits per heavy atom. The van der Waals surface area contributed by atoms with Crippen molar-refractivity contribution in [2.24, 2.45) is 0 Å². The lowest BCUT2D eigenvalue weighted by Crippen LogP contribution is -1.92. The van der Waals surface area contributed by atoms with Crippen LogP contribution in [0.15, 0.2) is 194 Å². The Bertz CT molecular complexity index is 4180. The zero-order valence-electron chi connectivity index (χ0n) is 34.3. The number of benzene rings is 12. The number of fused-ring (bicyclic) bond motifs is 17. The van der Waals surface area contributed by atoms with Gasteiger partial charge in [-0.15, -0.1) is 22.7 Å². The Balaban J connectivity index is 1.11. The Labute approximate surface area is 375 Å². The first-order valence-corrected chi connectivity index (χ1v) is 23.8. The van der Waals surface area contributed by atoms with Gasteiger partial charge in [0.25, 0.3) is 0 Å². The van der Waals surface area contributed by atoms with Gasteiger partial charge in [-0.3, -0.25) is 0 Å². The highest BCUT2D eigenvalue weighted by molar-refractivity contribution is 7.26. The van der Waals surface area contributed by atoms with Crippen molar-refractivity contribution in [3.8, 4) is 66.8 Å². The lowest BCUT2D eigenvalue weighted by atomic mass is 9.84. The zero-order valence-corrected chi connectivity index (χ0v) is 35.9. The lowest BCUT2D eigenvalue weighted by Gasteiger charge is -2.19. The molecule has 0 fully saturated rings. The first-order valence-electron chi connectivity index (χ1n) is 22.1. The van der Waals surface area contributed by atoms with Crippen molar-refractivity contribution in [1.29, 1.82) is 0 Å². The summed E-state index contributed by atoms with van der Waals surface area (Å²) in [6, 6.07) is 74.3. The van der Waals surface area contributed by atoms with E-state index in [1.165, 1.54) is 161 Å². The number of thiophene rings is 2. The minimum absolute atomic E-state index is 1.29. The van der Waals surface area contributed by atoms with Gasteiger partial charge in [0.05, 0.1) is 0 Å². The van der Waals surface area contributed by atoms with Crippen LogP contribution in [0, 0.1) is 0 Å². The minimum Gasteiger partial charge on any atom is -0.135 e. The highest BCUT2D eigenvalue weighted by Gasteiger charge is 2.28. The molecule has 0 bridgehead atoms. The normalized spacial score (nSPS) is 12.7. The highest BCUT2D eigenvalue weighted by atomic mass is 32.1. The molecule has 2 aliphatic carbocycles. The van der Waals surface area contributed by atoms with Crippen LogP contribution in [-0.2, 0) is 0 Å². The van der Waals surface area contributed by atoms with Crippen LogP contribution in [0.4, 0.5) is 0 Å². The summed E-state index contributed by atoms with van der Waals surface area (Å²) in [7, 11) is 0. The maximum absolute atomic E-state index is 2.56. The molecule has 0 saturated heterocycles. The third-order valence-electron chi connectivity index (χ3n) is 14.7. The van der Waals surface area contributed by atoms with Crippen LogP contribution >= 0.6 is 22.7 Å². The molecule has 292 valence electrons. The molecule has 0 aliphatic heterocycles. The highest BCUT2D eigenvalue weighted by Crippen LogP contribution is 2.55. The van der Waals surface area contributed by atoms with E-state index in [1.807, 2.05) is 22.7 Å². The van der Waals surface area contributed by atoms with Crippen molar-refractivity contribution in [2.75, 3.05) is 0 Å². The summed E-state index contributed by atoms with van der Waals surface area (Å²) in [4.78, 5) is 0. The average Bonchev–Trinajstić information content (AvgIpc) is 4.10. The van der Waals surface area contributed by atoms with Gasteiger partial charge in [-0.2, -0.15) is 0 Å². The van der Waals surface area contributed by atoms with Gasteiger partial charge in [-0.25, -0.2) is 0 Å². The molecule has 0 saturated carbocycles. The first kappa shape index (κ1) is 33.9. The molecule has 0 N–H and O–H groups in total. The molecule has 0 unspecified atom stereocenters. The molecule has 16 rings (SSSR count). The summed E-state index contributed by atoms with van der Waals surface area (Å²) in [5.74, 6) is 0. The molecule has 2 heterocycles.